The number of hydrogen-bond donors (Lipinski definition) is 0. The third-order valence-electron chi connectivity index (χ3n) is 4.72. The monoisotopic (exact) mass is 446 g/mol. The summed E-state index contributed by atoms with van der Waals surface area (Å²) in [5, 5.41) is 0. The molecule has 0 aliphatic carbocycles. The van der Waals surface area contributed by atoms with Crippen molar-refractivity contribution in [3.05, 3.63) is 48.5 Å². The van der Waals surface area contributed by atoms with Gasteiger partial charge in [0, 0.05) is 0 Å². The first kappa shape index (κ1) is 23.7. The van der Waals surface area contributed by atoms with Crippen molar-refractivity contribution in [1.29, 1.82) is 0 Å². The number of hydrogen-bond acceptors (Lipinski definition) is 8. The van der Waals surface area contributed by atoms with E-state index < -0.39 is 5.60 Å². The zero-order chi connectivity index (χ0) is 22.7. The average Bonchev–Trinajstić information content (AvgIpc) is 2.81. The van der Waals surface area contributed by atoms with Crippen molar-refractivity contribution in [2.45, 2.75) is 18.9 Å². The molecule has 2 aromatic rings. The maximum absolute atomic E-state index is 11.5. The molecule has 1 heterocycles. The molecule has 0 atom stereocenters. The van der Waals surface area contributed by atoms with Crippen LogP contribution in [-0.2, 0) is 19.0 Å². The third kappa shape index (κ3) is 7.32. The first-order valence-corrected chi connectivity index (χ1v) is 10.6. The van der Waals surface area contributed by atoms with Gasteiger partial charge in [0.05, 0.1) is 33.4 Å². The first-order valence-electron chi connectivity index (χ1n) is 10.6. The number of benzene rings is 2. The molecule has 0 bridgehead atoms. The SMILES string of the molecule is COC(=O)CCOC1(C)COc2ccccc2OCCOCCOc2ccccc2OC1. The lowest BCUT2D eigenvalue weighted by Gasteiger charge is -2.30. The van der Waals surface area contributed by atoms with Crippen molar-refractivity contribution in [1.82, 2.24) is 0 Å². The Hall–Kier alpha value is -2.97. The van der Waals surface area contributed by atoms with Gasteiger partial charge in [-0.2, -0.15) is 0 Å². The van der Waals surface area contributed by atoms with Gasteiger partial charge < -0.3 is 33.2 Å². The van der Waals surface area contributed by atoms with Gasteiger partial charge in [0.25, 0.3) is 0 Å². The predicted molar refractivity (Wildman–Crippen MR) is 117 cm³/mol. The molecule has 0 unspecified atom stereocenters. The van der Waals surface area contributed by atoms with Crippen LogP contribution in [0.5, 0.6) is 23.0 Å². The van der Waals surface area contributed by atoms with Gasteiger partial charge in [-0.3, -0.25) is 4.79 Å². The number of para-hydroxylation sites is 4. The Morgan fingerprint density at radius 2 is 1.28 bits per heavy atom. The molecule has 8 nitrogen and oxygen atoms in total. The molecule has 32 heavy (non-hydrogen) atoms. The van der Waals surface area contributed by atoms with Crippen LogP contribution in [0.2, 0.25) is 0 Å². The van der Waals surface area contributed by atoms with E-state index in [-0.39, 0.29) is 32.2 Å². The topological polar surface area (TPSA) is 81.7 Å². The minimum absolute atomic E-state index is 0.130. The van der Waals surface area contributed by atoms with E-state index in [1.807, 2.05) is 55.5 Å². The van der Waals surface area contributed by atoms with Crippen LogP contribution in [-0.4, -0.2) is 64.9 Å². The molecule has 8 heteroatoms. The lowest BCUT2D eigenvalue weighted by molar-refractivity contribution is -0.145. The summed E-state index contributed by atoms with van der Waals surface area (Å²) in [5.41, 5.74) is -0.853. The van der Waals surface area contributed by atoms with Crippen LogP contribution >= 0.6 is 0 Å². The second-order valence-electron chi connectivity index (χ2n) is 7.40. The average molecular weight is 446 g/mol. The van der Waals surface area contributed by atoms with E-state index >= 15 is 0 Å². The zero-order valence-corrected chi connectivity index (χ0v) is 18.5. The minimum Gasteiger partial charge on any atom is -0.487 e. The molecule has 174 valence electrons. The molecule has 0 saturated carbocycles. The fourth-order valence-electron chi connectivity index (χ4n) is 2.97. The summed E-state index contributed by atoms with van der Waals surface area (Å²) < 4.78 is 40.1. The van der Waals surface area contributed by atoms with Gasteiger partial charge >= 0.3 is 5.97 Å². The van der Waals surface area contributed by atoms with Gasteiger partial charge in [-0.15, -0.1) is 0 Å². The summed E-state index contributed by atoms with van der Waals surface area (Å²) in [4.78, 5) is 11.5. The van der Waals surface area contributed by atoms with Crippen molar-refractivity contribution in [3.63, 3.8) is 0 Å². The molecular formula is C24H30O8. The largest absolute Gasteiger partial charge is 0.487 e. The van der Waals surface area contributed by atoms with Crippen LogP contribution in [0.3, 0.4) is 0 Å². The molecule has 0 fully saturated rings. The molecule has 1 aliphatic rings. The van der Waals surface area contributed by atoms with Gasteiger partial charge in [0.2, 0.25) is 0 Å². The van der Waals surface area contributed by atoms with E-state index in [2.05, 4.69) is 0 Å². The van der Waals surface area contributed by atoms with Crippen molar-refractivity contribution >= 4 is 5.97 Å². The summed E-state index contributed by atoms with van der Waals surface area (Å²) in [5.74, 6) is 2.06. The summed E-state index contributed by atoms with van der Waals surface area (Å²) >= 11 is 0. The van der Waals surface area contributed by atoms with Crippen LogP contribution < -0.4 is 18.9 Å². The molecule has 0 aromatic heterocycles. The highest BCUT2D eigenvalue weighted by Crippen LogP contribution is 2.30. The lowest BCUT2D eigenvalue weighted by Crippen LogP contribution is -2.42. The van der Waals surface area contributed by atoms with Gasteiger partial charge in [0.1, 0.15) is 32.0 Å². The van der Waals surface area contributed by atoms with Crippen molar-refractivity contribution < 1.29 is 38.0 Å². The Morgan fingerprint density at radius 3 is 1.75 bits per heavy atom. The normalized spacial score (nSPS) is 16.7. The quantitative estimate of drug-likeness (QED) is 0.662. The Balaban J connectivity index is 1.77. The van der Waals surface area contributed by atoms with Gasteiger partial charge in [-0.1, -0.05) is 24.3 Å². The highest BCUT2D eigenvalue weighted by molar-refractivity contribution is 5.69. The fourth-order valence-corrected chi connectivity index (χ4v) is 2.97. The highest BCUT2D eigenvalue weighted by atomic mass is 16.6. The second-order valence-corrected chi connectivity index (χ2v) is 7.40. The molecule has 0 radical (unpaired) electrons. The Labute approximate surface area is 188 Å². The maximum atomic E-state index is 11.5. The molecule has 0 amide bonds. The third-order valence-corrected chi connectivity index (χ3v) is 4.72. The van der Waals surface area contributed by atoms with E-state index in [1.54, 1.807) is 0 Å². The van der Waals surface area contributed by atoms with Gasteiger partial charge in [0.15, 0.2) is 23.0 Å². The Bertz CT molecular complexity index is 798. The molecular weight excluding hydrogens is 416 g/mol. The molecule has 0 N–H and O–H groups in total. The lowest BCUT2D eigenvalue weighted by atomic mass is 10.1. The van der Waals surface area contributed by atoms with Crippen LogP contribution in [0.15, 0.2) is 48.5 Å². The molecule has 0 spiro atoms. The van der Waals surface area contributed by atoms with Crippen molar-refractivity contribution in [3.8, 4) is 23.0 Å². The Morgan fingerprint density at radius 1 is 0.812 bits per heavy atom. The summed E-state index contributed by atoms with van der Waals surface area (Å²) in [6.07, 6.45) is 0.130. The van der Waals surface area contributed by atoms with Crippen LogP contribution in [0.1, 0.15) is 13.3 Å². The Kier molecular flexibility index (Phi) is 9.01. The smallest absolute Gasteiger partial charge is 0.307 e. The van der Waals surface area contributed by atoms with Crippen LogP contribution in [0.4, 0.5) is 0 Å². The first-order chi connectivity index (χ1) is 15.6. The summed E-state index contributed by atoms with van der Waals surface area (Å²) in [6.45, 7) is 3.99. The predicted octanol–water partition coefficient (Wildman–Crippen LogP) is 3.27. The number of ether oxygens (including phenoxy) is 7. The molecule has 0 saturated heterocycles. The van der Waals surface area contributed by atoms with Gasteiger partial charge in [-0.25, -0.2) is 0 Å². The fraction of sp³-hybridized carbons (Fsp3) is 0.458. The second kappa shape index (κ2) is 12.2. The zero-order valence-electron chi connectivity index (χ0n) is 18.5. The van der Waals surface area contributed by atoms with Crippen LogP contribution in [0, 0.1) is 0 Å². The van der Waals surface area contributed by atoms with E-state index in [0.29, 0.717) is 49.4 Å². The van der Waals surface area contributed by atoms with Crippen LogP contribution in [0.25, 0.3) is 0 Å². The van der Waals surface area contributed by atoms with Crippen molar-refractivity contribution in [2.24, 2.45) is 0 Å². The van der Waals surface area contributed by atoms with E-state index in [1.165, 1.54) is 7.11 Å². The van der Waals surface area contributed by atoms with E-state index in [4.69, 9.17) is 33.2 Å². The number of rotatable bonds is 4. The molecule has 3 rings (SSSR count). The van der Waals surface area contributed by atoms with Crippen molar-refractivity contribution in [2.75, 3.05) is 53.4 Å². The van der Waals surface area contributed by atoms with E-state index in [0.717, 1.165) is 0 Å². The minimum atomic E-state index is -0.853. The van der Waals surface area contributed by atoms with E-state index in [9.17, 15) is 4.79 Å². The summed E-state index contributed by atoms with van der Waals surface area (Å²) in [6, 6.07) is 14.8. The maximum Gasteiger partial charge on any atom is 0.307 e. The number of carbonyl (C=O) groups excluding carboxylic acids is 1. The number of fused-ring (bicyclic) bond motifs is 2. The van der Waals surface area contributed by atoms with Gasteiger partial charge in [-0.05, 0) is 31.2 Å². The summed E-state index contributed by atoms with van der Waals surface area (Å²) in [7, 11) is 1.35. The number of carbonyl (C=O) groups is 1. The number of methoxy groups -OCH3 is 1. The standard InChI is InChI=1S/C24H30O8/c1-24(32-12-11-23(25)26-2)17-30-21-9-5-3-7-19(21)28-15-13-27-14-16-29-20-8-4-6-10-22(20)31-18-24/h3-10H,11-18H2,1-2H3. The molecule has 2 aromatic carbocycles. The molecule has 1 aliphatic heterocycles. The highest BCUT2D eigenvalue weighted by Gasteiger charge is 2.29. The number of esters is 1.